The lowest BCUT2D eigenvalue weighted by atomic mass is 10.1. The number of likely N-dealkylation sites (tertiary alicyclic amines) is 1. The Balaban J connectivity index is 1.39. The maximum Gasteiger partial charge on any atom is 0.289 e. The van der Waals surface area contributed by atoms with Crippen LogP contribution in [-0.4, -0.2) is 56.9 Å². The van der Waals surface area contributed by atoms with Gasteiger partial charge in [0.15, 0.2) is 5.69 Å². The summed E-state index contributed by atoms with van der Waals surface area (Å²) in [5, 5.41) is 3.60. The molecule has 0 atom stereocenters. The summed E-state index contributed by atoms with van der Waals surface area (Å²) in [6, 6.07) is 1.51. The fourth-order valence-electron chi connectivity index (χ4n) is 2.61. The minimum Gasteiger partial charge on any atom is -0.360 e. The first-order chi connectivity index (χ1) is 10.1. The van der Waals surface area contributed by atoms with Crippen molar-refractivity contribution in [2.75, 3.05) is 18.8 Å². The van der Waals surface area contributed by atoms with Gasteiger partial charge in [-0.1, -0.05) is 16.9 Å². The zero-order valence-corrected chi connectivity index (χ0v) is 12.0. The van der Waals surface area contributed by atoms with Crippen molar-refractivity contribution in [1.29, 1.82) is 0 Å². The molecule has 21 heavy (non-hydrogen) atoms. The van der Waals surface area contributed by atoms with Crippen LogP contribution in [0.25, 0.3) is 0 Å². The number of aromatic nitrogens is 1. The van der Waals surface area contributed by atoms with E-state index in [9.17, 15) is 14.4 Å². The molecule has 0 radical (unpaired) electrons. The lowest BCUT2D eigenvalue weighted by molar-refractivity contribution is -0.128. The Morgan fingerprint density at radius 2 is 2.10 bits per heavy atom. The van der Waals surface area contributed by atoms with Crippen molar-refractivity contribution in [3.8, 4) is 0 Å². The van der Waals surface area contributed by atoms with E-state index >= 15 is 0 Å². The summed E-state index contributed by atoms with van der Waals surface area (Å²) in [5.74, 6) is 1.03. The van der Waals surface area contributed by atoms with Crippen molar-refractivity contribution in [2.45, 2.75) is 24.8 Å². The number of hydrogen-bond acceptors (Lipinski definition) is 6. The van der Waals surface area contributed by atoms with E-state index in [4.69, 9.17) is 4.52 Å². The van der Waals surface area contributed by atoms with Crippen LogP contribution in [0.4, 0.5) is 4.79 Å². The number of rotatable bonds is 3. The van der Waals surface area contributed by atoms with E-state index in [2.05, 4.69) is 5.16 Å². The van der Waals surface area contributed by atoms with Gasteiger partial charge in [0.05, 0.1) is 11.8 Å². The van der Waals surface area contributed by atoms with Crippen LogP contribution >= 0.6 is 11.8 Å². The highest BCUT2D eigenvalue weighted by Crippen LogP contribution is 2.40. The summed E-state index contributed by atoms with van der Waals surface area (Å²) < 4.78 is 5.17. The van der Waals surface area contributed by atoms with Gasteiger partial charge in [0.1, 0.15) is 5.76 Å². The normalized spacial score (nSPS) is 22.9. The second-order valence-electron chi connectivity index (χ2n) is 5.57. The third kappa shape index (κ3) is 2.14. The fraction of sp³-hybridized carbons (Fsp3) is 0.538. The van der Waals surface area contributed by atoms with Gasteiger partial charge in [-0.05, 0) is 12.8 Å². The molecule has 8 heteroatoms. The standard InChI is InChI=1S/C13H13N3O4S/c17-11-6-21-13(19)16(11)8-4-15(5-8)12(18)9-3-10(20-14-9)7-1-2-7/h3,7-8H,1-2,4-6H2. The fourth-order valence-corrected chi connectivity index (χ4v) is 3.39. The molecule has 3 aliphatic rings. The Morgan fingerprint density at radius 3 is 2.71 bits per heavy atom. The van der Waals surface area contributed by atoms with Crippen molar-refractivity contribution in [3.05, 3.63) is 17.5 Å². The Morgan fingerprint density at radius 1 is 1.33 bits per heavy atom. The molecule has 1 saturated carbocycles. The second-order valence-corrected chi connectivity index (χ2v) is 6.50. The molecule has 0 spiro atoms. The van der Waals surface area contributed by atoms with Crippen molar-refractivity contribution in [2.24, 2.45) is 0 Å². The number of carbonyl (C=O) groups excluding carboxylic acids is 3. The molecule has 0 bridgehead atoms. The number of hydrogen-bond donors (Lipinski definition) is 0. The molecule has 0 N–H and O–H groups in total. The van der Waals surface area contributed by atoms with Crippen molar-refractivity contribution in [3.63, 3.8) is 0 Å². The van der Waals surface area contributed by atoms with Gasteiger partial charge in [-0.2, -0.15) is 0 Å². The van der Waals surface area contributed by atoms with E-state index in [0.717, 1.165) is 30.4 Å². The maximum atomic E-state index is 12.2. The quantitative estimate of drug-likeness (QED) is 0.830. The monoisotopic (exact) mass is 307 g/mol. The molecule has 4 rings (SSSR count). The average molecular weight is 307 g/mol. The van der Waals surface area contributed by atoms with Crippen molar-refractivity contribution >= 4 is 28.8 Å². The minimum atomic E-state index is -0.213. The van der Waals surface area contributed by atoms with Crippen LogP contribution in [0.15, 0.2) is 10.6 Å². The highest BCUT2D eigenvalue weighted by Gasteiger charge is 2.44. The minimum absolute atomic E-state index is 0.167. The topological polar surface area (TPSA) is 83.7 Å². The van der Waals surface area contributed by atoms with Gasteiger partial charge in [-0.3, -0.25) is 19.3 Å². The van der Waals surface area contributed by atoms with E-state index in [-0.39, 0.29) is 28.8 Å². The Bertz CT molecular complexity index is 617. The molecule has 7 nitrogen and oxygen atoms in total. The molecule has 2 aliphatic heterocycles. The van der Waals surface area contributed by atoms with E-state index < -0.39 is 0 Å². The molecular weight excluding hydrogens is 294 g/mol. The van der Waals surface area contributed by atoms with Crippen LogP contribution in [0, 0.1) is 0 Å². The Hall–Kier alpha value is -1.83. The smallest absolute Gasteiger partial charge is 0.289 e. The highest BCUT2D eigenvalue weighted by atomic mass is 32.2. The summed E-state index contributed by atoms with van der Waals surface area (Å²) in [5.41, 5.74) is 0.309. The average Bonchev–Trinajstić information content (AvgIpc) is 3.07. The highest BCUT2D eigenvalue weighted by molar-refractivity contribution is 8.14. The number of carbonyl (C=O) groups is 3. The zero-order chi connectivity index (χ0) is 14.6. The lowest BCUT2D eigenvalue weighted by Gasteiger charge is -2.42. The molecule has 110 valence electrons. The SMILES string of the molecule is O=C(c1cc(C2CC2)on1)N1CC(N2C(=O)CSC2=O)C1. The number of imide groups is 1. The van der Waals surface area contributed by atoms with Crippen LogP contribution in [-0.2, 0) is 4.79 Å². The summed E-state index contributed by atoms with van der Waals surface area (Å²) in [6.07, 6.45) is 2.18. The number of amides is 3. The summed E-state index contributed by atoms with van der Waals surface area (Å²) in [6.45, 7) is 0.755. The molecule has 3 heterocycles. The molecule has 0 unspecified atom stereocenters. The van der Waals surface area contributed by atoms with Gasteiger partial charge >= 0.3 is 0 Å². The molecule has 0 aromatic carbocycles. The first kappa shape index (κ1) is 12.9. The Kier molecular flexibility index (Phi) is 2.81. The third-order valence-corrected chi connectivity index (χ3v) is 4.86. The second kappa shape index (κ2) is 4.59. The van der Waals surface area contributed by atoms with Crippen LogP contribution in [0.3, 0.4) is 0 Å². The van der Waals surface area contributed by atoms with Crippen LogP contribution in [0.2, 0.25) is 0 Å². The third-order valence-electron chi connectivity index (χ3n) is 4.03. The first-order valence-electron chi connectivity index (χ1n) is 6.88. The molecule has 1 aromatic rings. The number of thioether (sulfide) groups is 1. The van der Waals surface area contributed by atoms with E-state index in [0.29, 0.717) is 24.7 Å². The van der Waals surface area contributed by atoms with E-state index in [1.807, 2.05) is 0 Å². The summed E-state index contributed by atoms with van der Waals surface area (Å²) >= 11 is 1.02. The van der Waals surface area contributed by atoms with E-state index in [1.165, 1.54) is 4.90 Å². The van der Waals surface area contributed by atoms with Crippen LogP contribution < -0.4 is 0 Å². The molecule has 3 fully saturated rings. The molecular formula is C13H13N3O4S. The van der Waals surface area contributed by atoms with Crippen LogP contribution in [0.5, 0.6) is 0 Å². The first-order valence-corrected chi connectivity index (χ1v) is 7.87. The van der Waals surface area contributed by atoms with Gasteiger partial charge in [0, 0.05) is 25.1 Å². The summed E-state index contributed by atoms with van der Waals surface area (Å²) in [7, 11) is 0. The molecule has 1 aliphatic carbocycles. The zero-order valence-electron chi connectivity index (χ0n) is 11.2. The van der Waals surface area contributed by atoms with Gasteiger partial charge in [0.2, 0.25) is 5.91 Å². The van der Waals surface area contributed by atoms with Gasteiger partial charge < -0.3 is 9.42 Å². The molecule has 2 saturated heterocycles. The molecule has 3 amide bonds. The van der Waals surface area contributed by atoms with Gasteiger partial charge in [0.25, 0.3) is 11.1 Å². The van der Waals surface area contributed by atoms with Crippen LogP contribution in [0.1, 0.15) is 35.0 Å². The predicted molar refractivity (Wildman–Crippen MR) is 72.9 cm³/mol. The Labute approximate surface area is 124 Å². The largest absolute Gasteiger partial charge is 0.360 e. The maximum absolute atomic E-state index is 12.2. The van der Waals surface area contributed by atoms with Gasteiger partial charge in [-0.25, -0.2) is 0 Å². The predicted octanol–water partition coefficient (Wildman–Crippen LogP) is 1.07. The van der Waals surface area contributed by atoms with Gasteiger partial charge in [-0.15, -0.1) is 0 Å². The van der Waals surface area contributed by atoms with E-state index in [1.54, 1.807) is 11.0 Å². The van der Waals surface area contributed by atoms with Crippen molar-refractivity contribution in [1.82, 2.24) is 15.0 Å². The lowest BCUT2D eigenvalue weighted by Crippen LogP contribution is -2.62. The summed E-state index contributed by atoms with van der Waals surface area (Å²) in [4.78, 5) is 38.3. The molecule has 1 aromatic heterocycles. The van der Waals surface area contributed by atoms with Crippen molar-refractivity contribution < 1.29 is 18.9 Å². The number of nitrogens with zero attached hydrogens (tertiary/aromatic N) is 3.